The molecule has 2 rings (SSSR count). The van der Waals surface area contributed by atoms with Gasteiger partial charge in [-0.25, -0.2) is 0 Å². The van der Waals surface area contributed by atoms with E-state index in [9.17, 15) is 10.2 Å². The highest BCUT2D eigenvalue weighted by molar-refractivity contribution is 5.74. The first-order valence-corrected chi connectivity index (χ1v) is 4.27. The van der Waals surface area contributed by atoms with E-state index in [-0.39, 0.29) is 11.5 Å². The first-order valence-electron chi connectivity index (χ1n) is 4.27. The maximum absolute atomic E-state index is 9.56. The quantitative estimate of drug-likeness (QED) is 0.716. The number of hydrogen-bond donors (Lipinski definition) is 2. The van der Waals surface area contributed by atoms with Crippen LogP contribution in [0.1, 0.15) is 0 Å². The van der Waals surface area contributed by atoms with Gasteiger partial charge in [-0.1, -0.05) is 36.4 Å². The third-order valence-electron chi connectivity index (χ3n) is 2.03. The molecule has 14 heavy (non-hydrogen) atoms. The predicted octanol–water partition coefficient (Wildman–Crippen LogP) is 2.56. The van der Waals surface area contributed by atoms with Gasteiger partial charge in [0, 0.05) is 17.2 Å². The van der Waals surface area contributed by atoms with Crippen LogP contribution in [-0.2, 0) is 0 Å². The van der Waals surface area contributed by atoms with Crippen molar-refractivity contribution in [3.63, 3.8) is 0 Å². The minimum atomic E-state index is 0.0500. The van der Waals surface area contributed by atoms with Crippen LogP contribution in [0.5, 0.6) is 11.5 Å². The van der Waals surface area contributed by atoms with Crippen molar-refractivity contribution >= 4 is 0 Å². The molecule has 2 nitrogen and oxygen atoms in total. The molecule has 0 fully saturated rings. The molecule has 0 aromatic heterocycles. The third-order valence-corrected chi connectivity index (χ3v) is 2.03. The summed E-state index contributed by atoms with van der Waals surface area (Å²) in [5, 5.41) is 19.1. The largest absolute Gasteiger partial charge is 0.507 e. The van der Waals surface area contributed by atoms with Crippen molar-refractivity contribution in [3.05, 3.63) is 48.5 Å². The summed E-state index contributed by atoms with van der Waals surface area (Å²) < 4.78 is 0. The monoisotopic (exact) mass is 185 g/mol. The normalized spacial score (nSPS) is 10.0. The Morgan fingerprint density at radius 1 is 0.857 bits per heavy atom. The Balaban J connectivity index is 2.61. The minimum Gasteiger partial charge on any atom is -0.507 e. The van der Waals surface area contributed by atoms with Crippen LogP contribution < -0.4 is 0 Å². The molecule has 0 bridgehead atoms. The van der Waals surface area contributed by atoms with Gasteiger partial charge in [-0.2, -0.15) is 0 Å². The average Bonchev–Trinajstić information content (AvgIpc) is 2.20. The molecule has 2 aromatic carbocycles. The highest BCUT2D eigenvalue weighted by Gasteiger charge is 2.06. The number of aromatic hydroxyl groups is 2. The standard InChI is InChI=1S/C12H9O2/c13-11-7-3-1-5-9(11)10-6-2-4-8-12(10)14/h1-7,13-14H. The Bertz CT molecular complexity index is 406. The summed E-state index contributed by atoms with van der Waals surface area (Å²) in [7, 11) is 0. The summed E-state index contributed by atoms with van der Waals surface area (Å²) >= 11 is 0. The molecule has 1 radical (unpaired) electrons. The van der Waals surface area contributed by atoms with Gasteiger partial charge < -0.3 is 10.2 Å². The molecular weight excluding hydrogens is 176 g/mol. The van der Waals surface area contributed by atoms with Crippen molar-refractivity contribution in [3.8, 4) is 22.6 Å². The van der Waals surface area contributed by atoms with Crippen molar-refractivity contribution in [1.29, 1.82) is 0 Å². The Morgan fingerprint density at radius 2 is 1.57 bits per heavy atom. The number of phenolic OH excluding ortho intramolecular Hbond substituents is 2. The van der Waals surface area contributed by atoms with Gasteiger partial charge in [-0.3, -0.25) is 0 Å². The highest BCUT2D eigenvalue weighted by Crippen LogP contribution is 2.33. The lowest BCUT2D eigenvalue weighted by Gasteiger charge is -2.05. The van der Waals surface area contributed by atoms with E-state index in [1.165, 1.54) is 0 Å². The van der Waals surface area contributed by atoms with E-state index < -0.39 is 0 Å². The van der Waals surface area contributed by atoms with Crippen LogP contribution in [0.25, 0.3) is 11.1 Å². The highest BCUT2D eigenvalue weighted by atomic mass is 16.3. The Kier molecular flexibility index (Phi) is 2.11. The third kappa shape index (κ3) is 1.42. The number of rotatable bonds is 1. The number of phenols is 2. The minimum absolute atomic E-state index is 0.0500. The summed E-state index contributed by atoms with van der Waals surface area (Å²) in [4.78, 5) is 0. The Hall–Kier alpha value is -1.96. The van der Waals surface area contributed by atoms with Gasteiger partial charge in [0.15, 0.2) is 0 Å². The molecule has 0 aliphatic heterocycles. The second kappa shape index (κ2) is 3.42. The smallest absolute Gasteiger partial charge is 0.131 e. The number of hydrogen-bond acceptors (Lipinski definition) is 2. The zero-order valence-corrected chi connectivity index (χ0v) is 7.44. The predicted molar refractivity (Wildman–Crippen MR) is 54.0 cm³/mol. The van der Waals surface area contributed by atoms with Crippen LogP contribution in [-0.4, -0.2) is 10.2 Å². The van der Waals surface area contributed by atoms with Gasteiger partial charge in [0.25, 0.3) is 0 Å². The Labute approximate surface area is 82.1 Å². The van der Waals surface area contributed by atoms with Crippen LogP contribution >= 0.6 is 0 Å². The Morgan fingerprint density at radius 3 is 2.29 bits per heavy atom. The van der Waals surface area contributed by atoms with E-state index >= 15 is 0 Å². The molecule has 0 amide bonds. The molecule has 0 saturated carbocycles. The van der Waals surface area contributed by atoms with Gasteiger partial charge in [0.2, 0.25) is 0 Å². The van der Waals surface area contributed by atoms with Crippen LogP contribution in [0.4, 0.5) is 0 Å². The fourth-order valence-corrected chi connectivity index (χ4v) is 1.35. The van der Waals surface area contributed by atoms with Gasteiger partial charge in [0.1, 0.15) is 11.5 Å². The summed E-state index contributed by atoms with van der Waals surface area (Å²) in [6.07, 6.45) is 0. The lowest BCUT2D eigenvalue weighted by Crippen LogP contribution is -1.79. The summed E-state index contributed by atoms with van der Waals surface area (Å²) in [6, 6.07) is 14.7. The molecule has 2 heteroatoms. The zero-order valence-electron chi connectivity index (χ0n) is 7.44. The lowest BCUT2D eigenvalue weighted by atomic mass is 10.0. The van der Waals surface area contributed by atoms with Gasteiger partial charge in [-0.05, 0) is 6.07 Å². The molecule has 2 aromatic rings. The lowest BCUT2D eigenvalue weighted by molar-refractivity contribution is 0.468. The molecule has 0 heterocycles. The molecule has 0 aliphatic rings. The first kappa shape index (κ1) is 8.63. The van der Waals surface area contributed by atoms with Crippen molar-refractivity contribution in [2.24, 2.45) is 0 Å². The maximum atomic E-state index is 9.56. The summed E-state index contributed by atoms with van der Waals surface area (Å²) in [5.41, 5.74) is 1.20. The molecule has 0 spiro atoms. The zero-order chi connectivity index (χ0) is 9.97. The second-order valence-corrected chi connectivity index (χ2v) is 2.95. The fourth-order valence-electron chi connectivity index (χ4n) is 1.35. The molecule has 0 atom stereocenters. The molecule has 69 valence electrons. The van der Waals surface area contributed by atoms with Crippen LogP contribution in [0.3, 0.4) is 0 Å². The summed E-state index contributed by atoms with van der Waals surface area (Å²) in [6.45, 7) is 0. The second-order valence-electron chi connectivity index (χ2n) is 2.95. The number of para-hydroxylation sites is 2. The van der Waals surface area contributed by atoms with Crippen molar-refractivity contribution in [2.75, 3.05) is 0 Å². The maximum Gasteiger partial charge on any atom is 0.131 e. The first-order chi connectivity index (χ1) is 6.79. The van der Waals surface area contributed by atoms with Crippen LogP contribution in [0.2, 0.25) is 0 Å². The molecule has 0 unspecified atom stereocenters. The van der Waals surface area contributed by atoms with E-state index in [1.807, 2.05) is 6.07 Å². The molecule has 2 N–H and O–H groups in total. The van der Waals surface area contributed by atoms with E-state index in [0.29, 0.717) is 11.1 Å². The summed E-state index contributed by atoms with van der Waals surface area (Å²) in [5.74, 6) is 0.205. The van der Waals surface area contributed by atoms with E-state index in [4.69, 9.17) is 0 Å². The SMILES string of the molecule is Oc1[c]cccc1-c1ccccc1O. The molecular formula is C12H9O2. The van der Waals surface area contributed by atoms with E-state index in [2.05, 4.69) is 6.07 Å². The van der Waals surface area contributed by atoms with E-state index in [0.717, 1.165) is 0 Å². The average molecular weight is 185 g/mol. The van der Waals surface area contributed by atoms with E-state index in [1.54, 1.807) is 36.4 Å². The van der Waals surface area contributed by atoms with Crippen molar-refractivity contribution in [1.82, 2.24) is 0 Å². The van der Waals surface area contributed by atoms with Crippen LogP contribution in [0, 0.1) is 6.07 Å². The topological polar surface area (TPSA) is 40.5 Å². The molecule has 0 saturated heterocycles. The van der Waals surface area contributed by atoms with Gasteiger partial charge in [-0.15, -0.1) is 0 Å². The van der Waals surface area contributed by atoms with Crippen molar-refractivity contribution < 1.29 is 10.2 Å². The van der Waals surface area contributed by atoms with Gasteiger partial charge >= 0.3 is 0 Å². The van der Waals surface area contributed by atoms with Crippen LogP contribution in [0.15, 0.2) is 42.5 Å². The molecule has 0 aliphatic carbocycles. The number of benzene rings is 2. The fraction of sp³-hybridized carbons (Fsp3) is 0. The van der Waals surface area contributed by atoms with Crippen molar-refractivity contribution in [2.45, 2.75) is 0 Å². The van der Waals surface area contributed by atoms with Gasteiger partial charge in [0.05, 0.1) is 0 Å².